The predicted octanol–water partition coefficient (Wildman–Crippen LogP) is 5.30. The van der Waals surface area contributed by atoms with Gasteiger partial charge in [-0.15, -0.1) is 11.3 Å². The van der Waals surface area contributed by atoms with Gasteiger partial charge in [0.05, 0.1) is 12.8 Å². The molecule has 9 heteroatoms. The van der Waals surface area contributed by atoms with E-state index in [1.165, 1.54) is 11.3 Å². The molecular weight excluding hydrogens is 437 g/mol. The van der Waals surface area contributed by atoms with Crippen LogP contribution in [0.25, 0.3) is 10.1 Å². The van der Waals surface area contributed by atoms with Crippen LogP contribution in [0.1, 0.15) is 35.5 Å². The van der Waals surface area contributed by atoms with Crippen molar-refractivity contribution in [2.45, 2.75) is 32.5 Å². The fourth-order valence-electron chi connectivity index (χ4n) is 2.97. The molecule has 2 unspecified atom stereocenters. The first-order valence-electron chi connectivity index (χ1n) is 9.83. The number of esters is 1. The van der Waals surface area contributed by atoms with Crippen molar-refractivity contribution >= 4 is 40.9 Å². The Balaban J connectivity index is 1.86. The largest absolute Gasteiger partial charge is 0.477 e. The van der Waals surface area contributed by atoms with Crippen molar-refractivity contribution < 1.29 is 28.5 Å². The zero-order valence-corrected chi connectivity index (χ0v) is 18.9. The zero-order chi connectivity index (χ0) is 22.4. The average molecular weight is 461 g/mol. The third-order valence-electron chi connectivity index (χ3n) is 4.37. The van der Waals surface area contributed by atoms with Crippen LogP contribution < -0.4 is 9.61 Å². The van der Waals surface area contributed by atoms with Gasteiger partial charge in [-0.25, -0.2) is 9.88 Å². The predicted molar refractivity (Wildman–Crippen MR) is 121 cm³/mol. The summed E-state index contributed by atoms with van der Waals surface area (Å²) in [6.45, 7) is 3.76. The Bertz CT molecular complexity index is 1110. The quantitative estimate of drug-likeness (QED) is 0.312. The number of para-hydroxylation sites is 1. The first-order chi connectivity index (χ1) is 14.8. The van der Waals surface area contributed by atoms with Gasteiger partial charge < -0.3 is 14.4 Å². The van der Waals surface area contributed by atoms with Crippen LogP contribution in [0.5, 0.6) is 5.75 Å². The van der Waals surface area contributed by atoms with E-state index in [4.69, 9.17) is 9.26 Å². The summed E-state index contributed by atoms with van der Waals surface area (Å²) < 4.78 is 25.6. The topological polar surface area (TPSA) is 102 Å². The number of carboxylic acids is 1. The van der Waals surface area contributed by atoms with Crippen LogP contribution in [-0.4, -0.2) is 29.7 Å². The summed E-state index contributed by atoms with van der Waals surface area (Å²) in [7, 11) is -3.56. The highest BCUT2D eigenvalue weighted by molar-refractivity contribution is 7.56. The van der Waals surface area contributed by atoms with E-state index in [9.17, 15) is 19.3 Å². The van der Waals surface area contributed by atoms with Gasteiger partial charge in [0.15, 0.2) is 0 Å². The number of carbonyl (C=O) groups excluding carboxylic acids is 1. The Kier molecular flexibility index (Phi) is 7.49. The molecule has 0 aliphatic rings. The summed E-state index contributed by atoms with van der Waals surface area (Å²) >= 11 is 1.18. The minimum atomic E-state index is -3.56. The van der Waals surface area contributed by atoms with E-state index >= 15 is 0 Å². The summed E-state index contributed by atoms with van der Waals surface area (Å²) in [5.74, 6) is -1.07. The van der Waals surface area contributed by atoms with Crippen LogP contribution in [-0.2, 0) is 20.3 Å². The minimum absolute atomic E-state index is 0.0154. The number of carbonyl (C=O) groups is 2. The Morgan fingerprint density at radius 1 is 1.16 bits per heavy atom. The molecule has 0 spiro atoms. The lowest BCUT2D eigenvalue weighted by atomic mass is 10.2. The lowest BCUT2D eigenvalue weighted by molar-refractivity contribution is -0.145. The number of aromatic carboxylic acids is 1. The van der Waals surface area contributed by atoms with Gasteiger partial charge in [-0.2, -0.15) is 0 Å². The van der Waals surface area contributed by atoms with Crippen molar-refractivity contribution in [3.8, 4) is 5.75 Å². The molecule has 3 aromatic rings. The number of fused-ring (bicyclic) bond motifs is 1. The highest BCUT2D eigenvalue weighted by Crippen LogP contribution is 2.47. The molecule has 1 heterocycles. The van der Waals surface area contributed by atoms with Crippen molar-refractivity contribution in [1.82, 2.24) is 5.09 Å². The van der Waals surface area contributed by atoms with Gasteiger partial charge in [-0.1, -0.05) is 31.2 Å². The van der Waals surface area contributed by atoms with Crippen molar-refractivity contribution in [2.75, 3.05) is 6.61 Å². The summed E-state index contributed by atoms with van der Waals surface area (Å²) in [4.78, 5) is 23.7. The summed E-state index contributed by atoms with van der Waals surface area (Å²) in [5.41, 5.74) is 0.697. The molecule has 0 bridgehead atoms. The second-order valence-corrected chi connectivity index (χ2v) is 10.2. The summed E-state index contributed by atoms with van der Waals surface area (Å²) in [6, 6.07) is 14.9. The molecule has 2 N–H and O–H groups in total. The van der Waals surface area contributed by atoms with E-state index in [1.807, 2.05) is 13.0 Å². The Labute approximate surface area is 184 Å². The summed E-state index contributed by atoms with van der Waals surface area (Å²) in [5, 5.41) is 12.8. The molecule has 3 rings (SSSR count). The van der Waals surface area contributed by atoms with E-state index in [2.05, 4.69) is 5.09 Å². The maximum atomic E-state index is 13.8. The van der Waals surface area contributed by atoms with Gasteiger partial charge in [0, 0.05) is 4.70 Å². The maximum Gasteiger partial charge on any atom is 0.345 e. The number of benzene rings is 2. The van der Waals surface area contributed by atoms with Gasteiger partial charge in [-0.3, -0.25) is 9.36 Å². The van der Waals surface area contributed by atoms with Crippen LogP contribution in [0, 0.1) is 0 Å². The lowest BCUT2D eigenvalue weighted by Gasteiger charge is -2.24. The molecule has 2 atom stereocenters. The number of hydrogen-bond donors (Lipinski definition) is 2. The van der Waals surface area contributed by atoms with Crippen LogP contribution in [0.3, 0.4) is 0 Å². The molecule has 0 aliphatic heterocycles. The highest BCUT2D eigenvalue weighted by atomic mass is 32.1. The first kappa shape index (κ1) is 23.0. The standard InChI is InChI=1S/C22H24NO6PS/c1-3-11-28-22(26)15(2)23-30(27,29-18-7-5-4-6-8-18)14-16-9-10-19-17(12-16)13-20(31-19)21(24)25/h4-10,12-13,15H,3,11,14H2,1-2H3,(H,23,27)(H,24,25). The smallest absolute Gasteiger partial charge is 0.345 e. The monoisotopic (exact) mass is 461 g/mol. The molecule has 0 fully saturated rings. The van der Waals surface area contributed by atoms with Crippen LogP contribution in [0.15, 0.2) is 54.6 Å². The first-order valence-corrected chi connectivity index (χ1v) is 12.5. The minimum Gasteiger partial charge on any atom is -0.477 e. The second kappa shape index (κ2) is 10.1. The molecule has 0 saturated heterocycles. The molecule has 0 saturated carbocycles. The van der Waals surface area contributed by atoms with Crippen LogP contribution in [0.4, 0.5) is 0 Å². The van der Waals surface area contributed by atoms with Gasteiger partial charge in [0.1, 0.15) is 16.7 Å². The fourth-order valence-corrected chi connectivity index (χ4v) is 5.89. The van der Waals surface area contributed by atoms with Gasteiger partial charge >= 0.3 is 19.5 Å². The Morgan fingerprint density at radius 2 is 1.90 bits per heavy atom. The van der Waals surface area contributed by atoms with Gasteiger partial charge in [-0.05, 0) is 54.6 Å². The van der Waals surface area contributed by atoms with E-state index in [0.29, 0.717) is 17.7 Å². The fraction of sp³-hybridized carbons (Fsp3) is 0.273. The molecule has 31 heavy (non-hydrogen) atoms. The SMILES string of the molecule is CCCOC(=O)C(C)NP(=O)(Cc1ccc2sc(C(=O)O)cc2c1)Oc1ccccc1. The van der Waals surface area contributed by atoms with Crippen molar-refractivity contribution in [1.29, 1.82) is 0 Å². The van der Waals surface area contributed by atoms with Crippen LogP contribution in [0.2, 0.25) is 0 Å². The van der Waals surface area contributed by atoms with E-state index < -0.39 is 25.5 Å². The number of ether oxygens (including phenoxy) is 1. The third kappa shape index (κ3) is 6.17. The van der Waals surface area contributed by atoms with Gasteiger partial charge in [0.2, 0.25) is 0 Å². The molecule has 164 valence electrons. The number of thiophene rings is 1. The molecule has 2 aromatic carbocycles. The molecule has 0 amide bonds. The Morgan fingerprint density at radius 3 is 2.58 bits per heavy atom. The molecule has 7 nitrogen and oxygen atoms in total. The van der Waals surface area contributed by atoms with Crippen LogP contribution >= 0.6 is 18.9 Å². The molecular formula is C22H24NO6PS. The van der Waals surface area contributed by atoms with Crippen molar-refractivity contribution in [2.24, 2.45) is 0 Å². The number of hydrogen-bond acceptors (Lipinski definition) is 6. The number of nitrogens with one attached hydrogen (secondary N) is 1. The van der Waals surface area contributed by atoms with Crippen molar-refractivity contribution in [3.05, 3.63) is 65.0 Å². The zero-order valence-electron chi connectivity index (χ0n) is 17.2. The Hall–Kier alpha value is -2.67. The van der Waals surface area contributed by atoms with E-state index in [-0.39, 0.29) is 17.6 Å². The van der Waals surface area contributed by atoms with Gasteiger partial charge in [0.25, 0.3) is 0 Å². The van der Waals surface area contributed by atoms with E-state index in [0.717, 1.165) is 10.1 Å². The summed E-state index contributed by atoms with van der Waals surface area (Å²) in [6.07, 6.45) is 0.705. The number of rotatable bonds is 10. The van der Waals surface area contributed by atoms with Crippen molar-refractivity contribution in [3.63, 3.8) is 0 Å². The second-order valence-electron chi connectivity index (χ2n) is 7.04. The highest BCUT2D eigenvalue weighted by Gasteiger charge is 2.31. The average Bonchev–Trinajstić information content (AvgIpc) is 3.16. The third-order valence-corrected chi connectivity index (χ3v) is 7.54. The maximum absolute atomic E-state index is 13.8. The number of carboxylic acid groups (broad SMARTS) is 1. The molecule has 0 aliphatic carbocycles. The molecule has 0 radical (unpaired) electrons. The van der Waals surface area contributed by atoms with E-state index in [1.54, 1.807) is 55.5 Å². The normalized spacial score (nSPS) is 14.0. The lowest BCUT2D eigenvalue weighted by Crippen LogP contribution is -2.35. The molecule has 1 aromatic heterocycles.